The molecule has 2 aliphatic rings. The Morgan fingerprint density at radius 2 is 1.93 bits per heavy atom. The Morgan fingerprint density at radius 3 is 2.75 bits per heavy atom. The van der Waals surface area contributed by atoms with Crippen molar-refractivity contribution < 1.29 is 9.50 Å². The van der Waals surface area contributed by atoms with Gasteiger partial charge in [-0.1, -0.05) is 30.3 Å². The third-order valence-corrected chi connectivity index (χ3v) is 6.62. The van der Waals surface area contributed by atoms with Gasteiger partial charge in [0.05, 0.1) is 11.6 Å². The zero-order chi connectivity index (χ0) is 19.3. The molecule has 1 unspecified atom stereocenters. The summed E-state index contributed by atoms with van der Waals surface area (Å²) in [5.74, 6) is -0.403. The number of aliphatic hydroxyl groups excluding tert-OH is 1. The highest BCUT2D eigenvalue weighted by atomic mass is 19.1. The largest absolute Gasteiger partial charge is 0.392 e. The molecule has 1 aliphatic heterocycles. The first-order chi connectivity index (χ1) is 13.6. The number of rotatable bonds is 2. The Morgan fingerprint density at radius 1 is 1.14 bits per heavy atom. The summed E-state index contributed by atoms with van der Waals surface area (Å²) < 4.78 is 14.1. The number of para-hydroxylation sites is 1. The van der Waals surface area contributed by atoms with Crippen LogP contribution in [-0.4, -0.2) is 34.2 Å². The van der Waals surface area contributed by atoms with Crippen LogP contribution in [0.2, 0.25) is 0 Å². The highest BCUT2D eigenvalue weighted by Crippen LogP contribution is 2.46. The van der Waals surface area contributed by atoms with E-state index in [0.717, 1.165) is 38.0 Å². The quantitative estimate of drug-likeness (QED) is 0.720. The number of pyridine rings is 1. The highest BCUT2D eigenvalue weighted by molar-refractivity contribution is 5.78. The number of nitrogens with zero attached hydrogens (tertiary/aromatic N) is 1. The number of benzene rings is 2. The van der Waals surface area contributed by atoms with Crippen LogP contribution in [0, 0.1) is 5.82 Å². The molecule has 2 aromatic carbocycles. The molecule has 144 valence electrons. The van der Waals surface area contributed by atoms with E-state index >= 15 is 0 Å². The van der Waals surface area contributed by atoms with Crippen LogP contribution in [0.1, 0.15) is 29.7 Å². The van der Waals surface area contributed by atoms with Gasteiger partial charge in [-0.05, 0) is 55.6 Å². The van der Waals surface area contributed by atoms with Crippen molar-refractivity contribution in [2.45, 2.75) is 37.3 Å². The van der Waals surface area contributed by atoms with E-state index in [4.69, 9.17) is 0 Å². The fourth-order valence-corrected chi connectivity index (χ4v) is 5.10. The molecule has 28 heavy (non-hydrogen) atoms. The average Bonchev–Trinajstić information content (AvgIpc) is 2.96. The van der Waals surface area contributed by atoms with E-state index in [0.29, 0.717) is 11.9 Å². The minimum Gasteiger partial charge on any atom is -0.392 e. The Kier molecular flexibility index (Phi) is 4.11. The smallest absolute Gasteiger partial charge is 0.189 e. The van der Waals surface area contributed by atoms with Crippen LogP contribution in [0.4, 0.5) is 4.39 Å². The summed E-state index contributed by atoms with van der Waals surface area (Å²) in [6.45, 7) is 2.25. The molecule has 5 heteroatoms. The molecule has 1 aliphatic carbocycles. The summed E-state index contributed by atoms with van der Waals surface area (Å²) in [4.78, 5) is 17.7. The zero-order valence-electron chi connectivity index (χ0n) is 15.6. The summed E-state index contributed by atoms with van der Waals surface area (Å²) in [6.07, 6.45) is 2.17. The van der Waals surface area contributed by atoms with Crippen molar-refractivity contribution in [3.8, 4) is 0 Å². The second kappa shape index (κ2) is 6.54. The highest BCUT2D eigenvalue weighted by Gasteiger charge is 2.47. The van der Waals surface area contributed by atoms with Gasteiger partial charge in [0.25, 0.3) is 0 Å². The molecular weight excluding hydrogens is 355 g/mol. The number of H-pyrrole nitrogens is 1. The Hall–Kier alpha value is -2.50. The van der Waals surface area contributed by atoms with Gasteiger partial charge in [-0.15, -0.1) is 0 Å². The predicted octanol–water partition coefficient (Wildman–Crippen LogP) is 3.12. The van der Waals surface area contributed by atoms with Gasteiger partial charge < -0.3 is 10.1 Å². The Labute approximate surface area is 162 Å². The minimum atomic E-state index is -0.403. The number of aliphatic hydroxyl groups is 1. The second-order valence-electron chi connectivity index (χ2n) is 8.13. The lowest BCUT2D eigenvalue weighted by Crippen LogP contribution is -2.47. The molecular formula is C23H23FN2O2. The first-order valence-electron chi connectivity index (χ1n) is 9.86. The summed E-state index contributed by atoms with van der Waals surface area (Å²) in [7, 11) is 0. The number of fused-ring (bicyclic) bond motifs is 3. The molecule has 2 heterocycles. The third kappa shape index (κ3) is 2.69. The fraction of sp³-hybridized carbons (Fsp3) is 0.348. The fourth-order valence-electron chi connectivity index (χ4n) is 5.10. The molecule has 2 N–H and O–H groups in total. The van der Waals surface area contributed by atoms with E-state index < -0.39 is 5.82 Å². The molecule has 3 aromatic rings. The van der Waals surface area contributed by atoms with Crippen LogP contribution in [0.5, 0.6) is 0 Å². The third-order valence-electron chi connectivity index (χ3n) is 6.62. The summed E-state index contributed by atoms with van der Waals surface area (Å²) in [5.41, 5.74) is 3.25. The topological polar surface area (TPSA) is 56.3 Å². The monoisotopic (exact) mass is 378 g/mol. The van der Waals surface area contributed by atoms with Crippen LogP contribution >= 0.6 is 0 Å². The van der Waals surface area contributed by atoms with E-state index in [9.17, 15) is 14.3 Å². The summed E-state index contributed by atoms with van der Waals surface area (Å²) in [6, 6.07) is 14.5. The van der Waals surface area contributed by atoms with Crippen LogP contribution in [0.15, 0.2) is 53.3 Å². The van der Waals surface area contributed by atoms with Gasteiger partial charge in [0.15, 0.2) is 5.43 Å². The standard InChI is InChI=1S/C23H23FN2O2/c24-19-7-3-5-17-20(27)13-16(25-22(17)19)14-26-10-8-23(9-11-26)18-6-2-1-4-15(18)12-21(23)28/h1-7,13,21,28H,8-12,14H2,(H,25,27). The van der Waals surface area contributed by atoms with Crippen LogP contribution < -0.4 is 5.43 Å². The number of aromatic nitrogens is 1. The number of aromatic amines is 1. The summed E-state index contributed by atoms with van der Waals surface area (Å²) >= 11 is 0. The molecule has 1 atom stereocenters. The van der Waals surface area contributed by atoms with Gasteiger partial charge in [0.2, 0.25) is 0 Å². The van der Waals surface area contributed by atoms with Crippen LogP contribution in [0.25, 0.3) is 10.9 Å². The first kappa shape index (κ1) is 17.6. The first-order valence-corrected chi connectivity index (χ1v) is 9.86. The van der Waals surface area contributed by atoms with Crippen molar-refractivity contribution in [3.05, 3.63) is 81.4 Å². The van der Waals surface area contributed by atoms with Crippen LogP contribution in [0.3, 0.4) is 0 Å². The van der Waals surface area contributed by atoms with Crippen molar-refractivity contribution in [1.29, 1.82) is 0 Å². The molecule has 1 saturated heterocycles. The van der Waals surface area contributed by atoms with Gasteiger partial charge in [0.1, 0.15) is 5.82 Å². The van der Waals surface area contributed by atoms with E-state index in [-0.39, 0.29) is 22.5 Å². The van der Waals surface area contributed by atoms with Gasteiger partial charge in [-0.25, -0.2) is 4.39 Å². The molecule has 0 amide bonds. The van der Waals surface area contributed by atoms with Crippen molar-refractivity contribution in [3.63, 3.8) is 0 Å². The second-order valence-corrected chi connectivity index (χ2v) is 8.13. The number of hydrogen-bond donors (Lipinski definition) is 2. The lowest BCUT2D eigenvalue weighted by Gasteiger charge is -2.42. The van der Waals surface area contributed by atoms with Gasteiger partial charge in [0, 0.05) is 29.1 Å². The molecule has 0 saturated carbocycles. The van der Waals surface area contributed by atoms with Gasteiger partial charge in [-0.2, -0.15) is 0 Å². The molecule has 1 aromatic heterocycles. The lowest BCUT2D eigenvalue weighted by molar-refractivity contribution is 0.0411. The number of likely N-dealkylation sites (tertiary alicyclic amines) is 1. The molecule has 1 fully saturated rings. The number of piperidine rings is 1. The van der Waals surface area contributed by atoms with Gasteiger partial charge in [-0.3, -0.25) is 9.69 Å². The summed E-state index contributed by atoms with van der Waals surface area (Å²) in [5, 5.41) is 11.2. The normalized spacial score (nSPS) is 21.3. The molecule has 5 rings (SSSR count). The van der Waals surface area contributed by atoms with Crippen molar-refractivity contribution in [1.82, 2.24) is 9.88 Å². The molecule has 1 spiro atoms. The molecule has 0 radical (unpaired) electrons. The van der Waals surface area contributed by atoms with E-state index in [1.54, 1.807) is 18.2 Å². The number of hydrogen-bond acceptors (Lipinski definition) is 3. The van der Waals surface area contributed by atoms with E-state index in [2.05, 4.69) is 28.1 Å². The van der Waals surface area contributed by atoms with Crippen LogP contribution in [-0.2, 0) is 18.4 Å². The number of halogens is 1. The lowest BCUT2D eigenvalue weighted by atomic mass is 9.72. The van der Waals surface area contributed by atoms with Crippen molar-refractivity contribution >= 4 is 10.9 Å². The van der Waals surface area contributed by atoms with E-state index in [1.165, 1.54) is 17.2 Å². The van der Waals surface area contributed by atoms with Crippen molar-refractivity contribution in [2.75, 3.05) is 13.1 Å². The molecule has 4 nitrogen and oxygen atoms in total. The SMILES string of the molecule is O=c1cc(CN2CCC3(CC2)c2ccccc2CC3O)[nH]c2c(F)cccc12. The molecule has 0 bridgehead atoms. The Balaban J connectivity index is 1.37. The number of nitrogens with one attached hydrogen (secondary N) is 1. The maximum atomic E-state index is 14.1. The van der Waals surface area contributed by atoms with E-state index in [1.807, 2.05) is 6.07 Å². The van der Waals surface area contributed by atoms with Gasteiger partial charge >= 0.3 is 0 Å². The van der Waals surface area contributed by atoms with Crippen molar-refractivity contribution in [2.24, 2.45) is 0 Å². The zero-order valence-corrected chi connectivity index (χ0v) is 15.6. The maximum absolute atomic E-state index is 14.1. The minimum absolute atomic E-state index is 0.156. The predicted molar refractivity (Wildman–Crippen MR) is 107 cm³/mol. The average molecular weight is 378 g/mol. The maximum Gasteiger partial charge on any atom is 0.189 e. The Bertz CT molecular complexity index is 1100.